The summed E-state index contributed by atoms with van der Waals surface area (Å²) >= 11 is 0. The van der Waals surface area contributed by atoms with Crippen molar-refractivity contribution in [2.75, 3.05) is 11.9 Å². The summed E-state index contributed by atoms with van der Waals surface area (Å²) in [4.78, 5) is 23.6. The van der Waals surface area contributed by atoms with Crippen LogP contribution in [-0.2, 0) is 17.8 Å². The summed E-state index contributed by atoms with van der Waals surface area (Å²) in [6, 6.07) is 15.2. The zero-order valence-electron chi connectivity index (χ0n) is 14.1. The van der Waals surface area contributed by atoms with Gasteiger partial charge in [-0.2, -0.15) is 0 Å². The van der Waals surface area contributed by atoms with E-state index in [4.69, 9.17) is 0 Å². The van der Waals surface area contributed by atoms with Gasteiger partial charge >= 0.3 is 6.03 Å². The Morgan fingerprint density at radius 3 is 2.12 bits per heavy atom. The number of hydrogen-bond donors (Lipinski definition) is 3. The van der Waals surface area contributed by atoms with Crippen molar-refractivity contribution < 1.29 is 9.59 Å². The average Bonchev–Trinajstić information content (AvgIpc) is 2.60. The first kappa shape index (κ1) is 17.5. The molecule has 2 aromatic rings. The van der Waals surface area contributed by atoms with Crippen molar-refractivity contribution in [3.05, 3.63) is 65.2 Å². The molecule has 0 spiro atoms. The van der Waals surface area contributed by atoms with Crippen molar-refractivity contribution in [2.24, 2.45) is 0 Å². The molecule has 0 heterocycles. The number of hydrogen-bond acceptors (Lipinski definition) is 2. The maximum atomic E-state index is 11.8. The van der Waals surface area contributed by atoms with E-state index in [1.807, 2.05) is 55.5 Å². The topological polar surface area (TPSA) is 70.2 Å². The quantitative estimate of drug-likeness (QED) is 0.764. The molecule has 0 bridgehead atoms. The average molecular weight is 325 g/mol. The summed E-state index contributed by atoms with van der Waals surface area (Å²) in [5, 5.41) is 8.01. The van der Waals surface area contributed by atoms with E-state index in [2.05, 4.69) is 22.9 Å². The van der Waals surface area contributed by atoms with E-state index >= 15 is 0 Å². The SMILES string of the molecule is CCc1ccc(NC(=O)CNC(=O)NCc2ccc(C)cc2)cc1. The third-order valence-corrected chi connectivity index (χ3v) is 3.63. The number of carbonyl (C=O) groups is 2. The molecule has 0 saturated carbocycles. The van der Waals surface area contributed by atoms with Crippen LogP contribution >= 0.6 is 0 Å². The number of rotatable bonds is 6. The zero-order chi connectivity index (χ0) is 17.4. The van der Waals surface area contributed by atoms with E-state index in [1.54, 1.807) is 0 Å². The van der Waals surface area contributed by atoms with Crippen LogP contribution in [0.1, 0.15) is 23.6 Å². The van der Waals surface area contributed by atoms with E-state index in [-0.39, 0.29) is 18.5 Å². The first-order valence-corrected chi connectivity index (χ1v) is 8.03. The standard InChI is InChI=1S/C19H23N3O2/c1-3-15-8-10-17(11-9-15)22-18(23)13-21-19(24)20-12-16-6-4-14(2)5-7-16/h4-11H,3,12-13H2,1-2H3,(H,22,23)(H2,20,21,24). The van der Waals surface area contributed by atoms with Crippen LogP contribution in [0.4, 0.5) is 10.5 Å². The van der Waals surface area contributed by atoms with Crippen LogP contribution in [0.3, 0.4) is 0 Å². The van der Waals surface area contributed by atoms with Gasteiger partial charge in [0.2, 0.25) is 5.91 Å². The van der Waals surface area contributed by atoms with Gasteiger partial charge in [-0.3, -0.25) is 4.79 Å². The number of amides is 3. The molecule has 0 aromatic heterocycles. The molecule has 0 fully saturated rings. The Morgan fingerprint density at radius 2 is 1.50 bits per heavy atom. The number of aryl methyl sites for hydroxylation is 2. The Labute approximate surface area is 142 Å². The summed E-state index contributed by atoms with van der Waals surface area (Å²) in [7, 11) is 0. The summed E-state index contributed by atoms with van der Waals surface area (Å²) in [5.74, 6) is -0.260. The monoisotopic (exact) mass is 325 g/mol. The largest absolute Gasteiger partial charge is 0.334 e. The van der Waals surface area contributed by atoms with Crippen LogP contribution in [0.25, 0.3) is 0 Å². The molecule has 0 aliphatic rings. The number of anilines is 1. The molecular weight excluding hydrogens is 302 g/mol. The third kappa shape index (κ3) is 5.76. The molecule has 0 aliphatic heterocycles. The molecule has 5 heteroatoms. The molecule has 5 nitrogen and oxygen atoms in total. The van der Waals surface area contributed by atoms with Crippen molar-refractivity contribution in [2.45, 2.75) is 26.8 Å². The van der Waals surface area contributed by atoms with Crippen molar-refractivity contribution in [1.29, 1.82) is 0 Å². The minimum absolute atomic E-state index is 0.0741. The fraction of sp³-hybridized carbons (Fsp3) is 0.263. The first-order valence-electron chi connectivity index (χ1n) is 8.03. The molecule has 0 aliphatic carbocycles. The Balaban J connectivity index is 1.70. The minimum atomic E-state index is -0.368. The second kappa shape index (κ2) is 8.72. The Kier molecular flexibility index (Phi) is 6.37. The molecule has 2 aromatic carbocycles. The van der Waals surface area contributed by atoms with Gasteiger partial charge in [-0.25, -0.2) is 4.79 Å². The van der Waals surface area contributed by atoms with Crippen LogP contribution in [0.5, 0.6) is 0 Å². The second-order valence-electron chi connectivity index (χ2n) is 5.62. The van der Waals surface area contributed by atoms with Gasteiger partial charge in [0.1, 0.15) is 0 Å². The fourth-order valence-corrected chi connectivity index (χ4v) is 2.14. The van der Waals surface area contributed by atoms with E-state index in [1.165, 1.54) is 11.1 Å². The van der Waals surface area contributed by atoms with Gasteiger partial charge in [0, 0.05) is 12.2 Å². The van der Waals surface area contributed by atoms with E-state index < -0.39 is 0 Å². The van der Waals surface area contributed by atoms with Crippen LogP contribution < -0.4 is 16.0 Å². The number of urea groups is 1. The van der Waals surface area contributed by atoms with Crippen LogP contribution in [0, 0.1) is 6.92 Å². The van der Waals surface area contributed by atoms with Crippen molar-refractivity contribution in [3.8, 4) is 0 Å². The van der Waals surface area contributed by atoms with Crippen molar-refractivity contribution in [3.63, 3.8) is 0 Å². The molecule has 2 rings (SSSR count). The smallest absolute Gasteiger partial charge is 0.315 e. The predicted molar refractivity (Wildman–Crippen MR) is 95.9 cm³/mol. The molecule has 0 radical (unpaired) electrons. The summed E-state index contributed by atoms with van der Waals surface area (Å²) in [5.41, 5.74) is 4.11. The molecule has 3 N–H and O–H groups in total. The Bertz CT molecular complexity index is 679. The number of benzene rings is 2. The highest BCUT2D eigenvalue weighted by atomic mass is 16.2. The van der Waals surface area contributed by atoms with Gasteiger partial charge < -0.3 is 16.0 Å². The lowest BCUT2D eigenvalue weighted by Crippen LogP contribution is -2.39. The highest BCUT2D eigenvalue weighted by Gasteiger charge is 2.05. The van der Waals surface area contributed by atoms with Crippen LogP contribution in [-0.4, -0.2) is 18.5 Å². The number of nitrogens with one attached hydrogen (secondary N) is 3. The van der Waals surface area contributed by atoms with E-state index in [0.717, 1.165) is 17.7 Å². The molecule has 0 atom stereocenters. The Morgan fingerprint density at radius 1 is 0.875 bits per heavy atom. The van der Waals surface area contributed by atoms with Gasteiger partial charge in [-0.1, -0.05) is 48.9 Å². The van der Waals surface area contributed by atoms with Gasteiger partial charge in [0.05, 0.1) is 6.54 Å². The van der Waals surface area contributed by atoms with Gasteiger partial charge in [-0.15, -0.1) is 0 Å². The molecular formula is C19H23N3O2. The lowest BCUT2D eigenvalue weighted by Gasteiger charge is -2.09. The molecule has 24 heavy (non-hydrogen) atoms. The second-order valence-corrected chi connectivity index (χ2v) is 5.62. The molecule has 3 amide bonds. The summed E-state index contributed by atoms with van der Waals surface area (Å²) < 4.78 is 0. The maximum Gasteiger partial charge on any atom is 0.315 e. The van der Waals surface area contributed by atoms with Crippen LogP contribution in [0.15, 0.2) is 48.5 Å². The normalized spacial score (nSPS) is 10.1. The van der Waals surface area contributed by atoms with Gasteiger partial charge in [0.25, 0.3) is 0 Å². The molecule has 126 valence electrons. The fourth-order valence-electron chi connectivity index (χ4n) is 2.14. The van der Waals surface area contributed by atoms with E-state index in [9.17, 15) is 9.59 Å². The van der Waals surface area contributed by atoms with Crippen LogP contribution in [0.2, 0.25) is 0 Å². The molecule has 0 saturated heterocycles. The zero-order valence-corrected chi connectivity index (χ0v) is 14.1. The lowest BCUT2D eigenvalue weighted by molar-refractivity contribution is -0.115. The van der Waals surface area contributed by atoms with Gasteiger partial charge in [0.15, 0.2) is 0 Å². The third-order valence-electron chi connectivity index (χ3n) is 3.63. The summed E-state index contributed by atoms with van der Waals surface area (Å²) in [6.07, 6.45) is 0.955. The predicted octanol–water partition coefficient (Wildman–Crippen LogP) is 3.00. The highest BCUT2D eigenvalue weighted by molar-refractivity contribution is 5.94. The molecule has 0 unspecified atom stereocenters. The number of carbonyl (C=O) groups excluding carboxylic acids is 2. The van der Waals surface area contributed by atoms with Crippen molar-refractivity contribution >= 4 is 17.6 Å². The first-order chi connectivity index (χ1) is 11.6. The van der Waals surface area contributed by atoms with Gasteiger partial charge in [-0.05, 0) is 36.6 Å². The minimum Gasteiger partial charge on any atom is -0.334 e. The maximum absolute atomic E-state index is 11.8. The van der Waals surface area contributed by atoms with Crippen molar-refractivity contribution in [1.82, 2.24) is 10.6 Å². The lowest BCUT2D eigenvalue weighted by atomic mass is 10.1. The Hall–Kier alpha value is -2.82. The van der Waals surface area contributed by atoms with E-state index in [0.29, 0.717) is 6.54 Å². The highest BCUT2D eigenvalue weighted by Crippen LogP contribution is 2.09. The summed E-state index contributed by atoms with van der Waals surface area (Å²) in [6.45, 7) is 4.44.